The Hall–Kier alpha value is -2.18. The number of oxazole rings is 1. The molecular weight excluding hydrogens is 394 g/mol. The lowest BCUT2D eigenvalue weighted by atomic mass is 9.98. The molecule has 0 spiro atoms. The summed E-state index contributed by atoms with van der Waals surface area (Å²) >= 11 is 7.41. The summed E-state index contributed by atoms with van der Waals surface area (Å²) in [6, 6.07) is 7.74. The first kappa shape index (κ1) is 19.2. The number of thiazole rings is 1. The average molecular weight is 416 g/mol. The van der Waals surface area contributed by atoms with Crippen molar-refractivity contribution in [3.8, 4) is 0 Å². The van der Waals surface area contributed by atoms with E-state index in [2.05, 4.69) is 9.97 Å². The van der Waals surface area contributed by atoms with Crippen molar-refractivity contribution in [2.45, 2.75) is 39.0 Å². The first-order chi connectivity index (χ1) is 13.5. The van der Waals surface area contributed by atoms with Gasteiger partial charge in [0.25, 0.3) is 5.91 Å². The summed E-state index contributed by atoms with van der Waals surface area (Å²) < 4.78 is 6.03. The summed E-state index contributed by atoms with van der Waals surface area (Å²) in [6.07, 6.45) is 4.40. The number of benzene rings is 1. The molecule has 3 heterocycles. The summed E-state index contributed by atoms with van der Waals surface area (Å²) in [5.41, 5.74) is 1.94. The Morgan fingerprint density at radius 3 is 2.82 bits per heavy atom. The molecule has 0 aliphatic carbocycles. The zero-order chi connectivity index (χ0) is 19.7. The minimum Gasteiger partial charge on any atom is -0.445 e. The highest BCUT2D eigenvalue weighted by atomic mass is 35.5. The number of carbonyl (C=O) groups excluding carboxylic acids is 1. The molecular formula is C21H22ClN3O2S. The second kappa shape index (κ2) is 8.05. The van der Waals surface area contributed by atoms with E-state index in [1.807, 2.05) is 43.0 Å². The van der Waals surface area contributed by atoms with Crippen LogP contribution in [0.15, 0.2) is 34.9 Å². The molecule has 1 saturated heterocycles. The number of aryl methyl sites for hydroxylation is 2. The van der Waals surface area contributed by atoms with E-state index in [1.165, 1.54) is 11.3 Å². The highest BCUT2D eigenvalue weighted by molar-refractivity contribution is 7.13. The molecule has 5 nitrogen and oxygen atoms in total. The second-order valence-electron chi connectivity index (χ2n) is 7.21. The molecule has 0 saturated carbocycles. The van der Waals surface area contributed by atoms with Crippen LogP contribution >= 0.6 is 22.9 Å². The molecule has 1 aromatic carbocycles. The monoisotopic (exact) mass is 415 g/mol. The number of carbonyl (C=O) groups is 1. The molecule has 2 aromatic heterocycles. The van der Waals surface area contributed by atoms with Crippen LogP contribution in [-0.2, 0) is 6.42 Å². The summed E-state index contributed by atoms with van der Waals surface area (Å²) in [6.45, 7) is 5.23. The van der Waals surface area contributed by atoms with Crippen molar-refractivity contribution in [3.63, 3.8) is 0 Å². The Kier molecular flexibility index (Phi) is 5.51. The van der Waals surface area contributed by atoms with Gasteiger partial charge in [0, 0.05) is 24.5 Å². The molecule has 1 atom stereocenters. The van der Waals surface area contributed by atoms with Crippen molar-refractivity contribution in [3.05, 3.63) is 68.3 Å². The number of likely N-dealkylation sites (tertiary alicyclic amines) is 1. The molecule has 3 aromatic rings. The predicted molar refractivity (Wildman–Crippen MR) is 110 cm³/mol. The summed E-state index contributed by atoms with van der Waals surface area (Å²) in [4.78, 5) is 24.5. The van der Waals surface area contributed by atoms with Crippen LogP contribution in [0.4, 0.5) is 0 Å². The standard InChI is InChI=1S/C21H22ClN3O2S/c1-13-19(28-14(2)24-13)21(26)25-9-3-4-16(12-25)20-23-11-18(27-20)10-15-5-7-17(22)8-6-15/h5-8,11,16H,3-4,9-10,12H2,1-2H3. The number of rotatable bonds is 4. The quantitative estimate of drug-likeness (QED) is 0.600. The lowest BCUT2D eigenvalue weighted by Gasteiger charge is -2.31. The number of nitrogens with zero attached hydrogens (tertiary/aromatic N) is 3. The lowest BCUT2D eigenvalue weighted by Crippen LogP contribution is -2.39. The van der Waals surface area contributed by atoms with E-state index >= 15 is 0 Å². The maximum atomic E-state index is 12.9. The molecule has 1 unspecified atom stereocenters. The Balaban J connectivity index is 1.44. The topological polar surface area (TPSA) is 59.2 Å². The van der Waals surface area contributed by atoms with Crippen molar-refractivity contribution >= 4 is 28.8 Å². The van der Waals surface area contributed by atoms with Crippen molar-refractivity contribution in [1.82, 2.24) is 14.9 Å². The maximum absolute atomic E-state index is 12.9. The van der Waals surface area contributed by atoms with Crippen LogP contribution in [0.3, 0.4) is 0 Å². The third-order valence-corrected chi connectivity index (χ3v) is 6.33. The fourth-order valence-corrected chi connectivity index (χ4v) is 4.65. The Bertz CT molecular complexity index is 980. The minimum atomic E-state index is 0.0701. The SMILES string of the molecule is Cc1nc(C)c(C(=O)N2CCCC(c3ncc(Cc4ccc(Cl)cc4)o3)C2)s1. The van der Waals surface area contributed by atoms with Gasteiger partial charge in [-0.25, -0.2) is 9.97 Å². The van der Waals surface area contributed by atoms with E-state index < -0.39 is 0 Å². The Morgan fingerprint density at radius 1 is 1.32 bits per heavy atom. The van der Waals surface area contributed by atoms with E-state index in [0.717, 1.165) is 57.2 Å². The number of halogens is 1. The van der Waals surface area contributed by atoms with E-state index in [9.17, 15) is 4.79 Å². The largest absolute Gasteiger partial charge is 0.445 e. The number of hydrogen-bond acceptors (Lipinski definition) is 5. The fraction of sp³-hybridized carbons (Fsp3) is 0.381. The van der Waals surface area contributed by atoms with Crippen LogP contribution in [0.25, 0.3) is 0 Å². The van der Waals surface area contributed by atoms with E-state index in [-0.39, 0.29) is 11.8 Å². The molecule has 0 bridgehead atoms. The van der Waals surface area contributed by atoms with Crippen LogP contribution in [-0.4, -0.2) is 33.9 Å². The second-order valence-corrected chi connectivity index (χ2v) is 8.85. The molecule has 7 heteroatoms. The number of piperidine rings is 1. The van der Waals surface area contributed by atoms with Crippen LogP contribution in [0.1, 0.15) is 56.3 Å². The highest BCUT2D eigenvalue weighted by Crippen LogP contribution is 2.29. The summed E-state index contributed by atoms with van der Waals surface area (Å²) in [5.74, 6) is 1.75. The van der Waals surface area contributed by atoms with Crippen LogP contribution in [0, 0.1) is 13.8 Å². The maximum Gasteiger partial charge on any atom is 0.265 e. The van der Waals surface area contributed by atoms with Gasteiger partial charge in [-0.1, -0.05) is 23.7 Å². The average Bonchev–Trinajstić information content (AvgIpc) is 3.29. The molecule has 4 rings (SSSR count). The van der Waals surface area contributed by atoms with Gasteiger partial charge in [0.05, 0.1) is 22.8 Å². The number of amides is 1. The Labute approximate surface area is 173 Å². The summed E-state index contributed by atoms with van der Waals surface area (Å²) in [5, 5.41) is 1.65. The molecule has 0 radical (unpaired) electrons. The number of aromatic nitrogens is 2. The molecule has 28 heavy (non-hydrogen) atoms. The third kappa shape index (κ3) is 4.13. The lowest BCUT2D eigenvalue weighted by molar-refractivity contribution is 0.0702. The van der Waals surface area contributed by atoms with Crippen molar-refractivity contribution in [2.24, 2.45) is 0 Å². The first-order valence-corrected chi connectivity index (χ1v) is 10.6. The third-order valence-electron chi connectivity index (χ3n) is 5.02. The normalized spacial score (nSPS) is 17.1. The molecule has 146 valence electrons. The smallest absolute Gasteiger partial charge is 0.265 e. The highest BCUT2D eigenvalue weighted by Gasteiger charge is 2.30. The van der Waals surface area contributed by atoms with E-state index in [0.29, 0.717) is 13.0 Å². The zero-order valence-corrected chi connectivity index (χ0v) is 17.5. The molecule has 0 N–H and O–H groups in total. The van der Waals surface area contributed by atoms with Gasteiger partial charge >= 0.3 is 0 Å². The Morgan fingerprint density at radius 2 is 2.11 bits per heavy atom. The zero-order valence-electron chi connectivity index (χ0n) is 15.9. The first-order valence-electron chi connectivity index (χ1n) is 9.42. The van der Waals surface area contributed by atoms with Gasteiger partial charge in [0.1, 0.15) is 10.6 Å². The number of hydrogen-bond donors (Lipinski definition) is 0. The van der Waals surface area contributed by atoms with Gasteiger partial charge < -0.3 is 9.32 Å². The van der Waals surface area contributed by atoms with Crippen LogP contribution in [0.5, 0.6) is 0 Å². The van der Waals surface area contributed by atoms with Gasteiger partial charge in [0.2, 0.25) is 0 Å². The van der Waals surface area contributed by atoms with Gasteiger partial charge in [-0.05, 0) is 44.4 Å². The van der Waals surface area contributed by atoms with Crippen LogP contribution in [0.2, 0.25) is 5.02 Å². The van der Waals surface area contributed by atoms with Crippen LogP contribution < -0.4 is 0 Å². The molecule has 1 amide bonds. The molecule has 1 fully saturated rings. The van der Waals surface area contributed by atoms with Gasteiger partial charge in [-0.15, -0.1) is 11.3 Å². The van der Waals surface area contributed by atoms with E-state index in [4.69, 9.17) is 16.0 Å². The van der Waals surface area contributed by atoms with Gasteiger partial charge in [-0.2, -0.15) is 0 Å². The predicted octanol–water partition coefficient (Wildman–Crippen LogP) is 5.01. The summed E-state index contributed by atoms with van der Waals surface area (Å²) in [7, 11) is 0. The minimum absolute atomic E-state index is 0.0701. The van der Waals surface area contributed by atoms with Gasteiger partial charge in [0.15, 0.2) is 5.89 Å². The molecule has 1 aliphatic heterocycles. The van der Waals surface area contributed by atoms with Crippen molar-refractivity contribution < 1.29 is 9.21 Å². The molecule has 1 aliphatic rings. The van der Waals surface area contributed by atoms with E-state index in [1.54, 1.807) is 6.20 Å². The van der Waals surface area contributed by atoms with Crippen molar-refractivity contribution in [2.75, 3.05) is 13.1 Å². The van der Waals surface area contributed by atoms with Crippen molar-refractivity contribution in [1.29, 1.82) is 0 Å². The van der Waals surface area contributed by atoms with Gasteiger partial charge in [-0.3, -0.25) is 4.79 Å². The fourth-order valence-electron chi connectivity index (χ4n) is 3.63.